The van der Waals surface area contributed by atoms with E-state index in [4.69, 9.17) is 9.47 Å². The van der Waals surface area contributed by atoms with Crippen molar-refractivity contribution in [1.82, 2.24) is 4.98 Å². The molecule has 3 saturated carbocycles. The molecule has 8 atom stereocenters. The number of hydrogen-bond donors (Lipinski definition) is 2. The van der Waals surface area contributed by atoms with Gasteiger partial charge in [-0.3, -0.25) is 14.6 Å². The molecule has 2 N–H and O–H groups in total. The standard InChI is InChI=1S/C28H41NO6/c1-18(31)34-17-20-15-21(35-19(2)32)8-11-26(20,3)23-9-12-27(4)24(22(23)16-30)10-13-28(27,33)25-7-5-6-14-29-25/h5-7,14,20-24,30,33H,8-13,15-17H2,1-4H3/t20-,21+,22-,23+,24+,26+,27+,28-/m1/s1. The summed E-state index contributed by atoms with van der Waals surface area (Å²) < 4.78 is 11.1. The number of pyridine rings is 1. The lowest BCUT2D eigenvalue weighted by Gasteiger charge is -2.58. The van der Waals surface area contributed by atoms with Crippen molar-refractivity contribution in [2.75, 3.05) is 13.2 Å². The second-order valence-corrected chi connectivity index (χ2v) is 11.6. The molecule has 194 valence electrons. The number of aliphatic hydroxyl groups excluding tert-OH is 1. The minimum atomic E-state index is -1.01. The van der Waals surface area contributed by atoms with Gasteiger partial charge in [0, 0.05) is 38.0 Å². The quantitative estimate of drug-likeness (QED) is 0.584. The molecule has 0 aromatic carbocycles. The van der Waals surface area contributed by atoms with Gasteiger partial charge in [-0.2, -0.15) is 0 Å². The van der Waals surface area contributed by atoms with Gasteiger partial charge in [-0.15, -0.1) is 0 Å². The van der Waals surface area contributed by atoms with E-state index in [2.05, 4.69) is 18.8 Å². The van der Waals surface area contributed by atoms with Crippen LogP contribution < -0.4 is 0 Å². The molecule has 1 aromatic heterocycles. The predicted molar refractivity (Wildman–Crippen MR) is 130 cm³/mol. The first kappa shape index (κ1) is 26.1. The van der Waals surface area contributed by atoms with Gasteiger partial charge in [-0.25, -0.2) is 0 Å². The van der Waals surface area contributed by atoms with Crippen molar-refractivity contribution in [3.8, 4) is 0 Å². The topological polar surface area (TPSA) is 106 Å². The summed E-state index contributed by atoms with van der Waals surface area (Å²) >= 11 is 0. The Morgan fingerprint density at radius 3 is 2.43 bits per heavy atom. The number of esters is 2. The molecule has 0 aliphatic heterocycles. The van der Waals surface area contributed by atoms with Crippen LogP contribution in [-0.2, 0) is 24.7 Å². The fourth-order valence-electron chi connectivity index (χ4n) is 8.09. The van der Waals surface area contributed by atoms with Gasteiger partial charge >= 0.3 is 11.9 Å². The van der Waals surface area contributed by atoms with Crippen LogP contribution in [0.5, 0.6) is 0 Å². The molecule has 0 bridgehead atoms. The molecular formula is C28H41NO6. The fraction of sp³-hybridized carbons (Fsp3) is 0.750. The third kappa shape index (κ3) is 4.50. The van der Waals surface area contributed by atoms with Crippen molar-refractivity contribution >= 4 is 11.9 Å². The van der Waals surface area contributed by atoms with E-state index in [1.165, 1.54) is 13.8 Å². The summed E-state index contributed by atoms with van der Waals surface area (Å²) in [5.41, 5.74) is -0.836. The van der Waals surface area contributed by atoms with Crippen LogP contribution in [-0.4, -0.2) is 46.5 Å². The molecule has 7 heteroatoms. The molecule has 1 heterocycles. The van der Waals surface area contributed by atoms with Crippen LogP contribution in [0.3, 0.4) is 0 Å². The Hall–Kier alpha value is -1.99. The zero-order valence-electron chi connectivity index (χ0n) is 21.5. The number of aliphatic hydroxyl groups is 2. The van der Waals surface area contributed by atoms with Crippen LogP contribution in [0, 0.1) is 34.5 Å². The van der Waals surface area contributed by atoms with Crippen molar-refractivity contribution in [3.05, 3.63) is 30.1 Å². The lowest BCUT2D eigenvalue weighted by Crippen LogP contribution is -2.55. The summed E-state index contributed by atoms with van der Waals surface area (Å²) in [5, 5.41) is 22.7. The minimum Gasteiger partial charge on any atom is -0.466 e. The Morgan fingerprint density at radius 1 is 1.06 bits per heavy atom. The highest BCUT2D eigenvalue weighted by atomic mass is 16.5. The molecule has 3 aliphatic carbocycles. The summed E-state index contributed by atoms with van der Waals surface area (Å²) in [6.45, 7) is 7.64. The van der Waals surface area contributed by atoms with E-state index in [9.17, 15) is 19.8 Å². The van der Waals surface area contributed by atoms with Gasteiger partial charge in [-0.05, 0) is 80.2 Å². The van der Waals surface area contributed by atoms with E-state index >= 15 is 0 Å². The smallest absolute Gasteiger partial charge is 0.302 e. The second kappa shape index (κ2) is 9.81. The molecule has 0 radical (unpaired) electrons. The number of rotatable bonds is 6. The molecule has 0 saturated heterocycles. The molecule has 0 amide bonds. The lowest BCUT2D eigenvalue weighted by atomic mass is 9.48. The molecular weight excluding hydrogens is 446 g/mol. The highest BCUT2D eigenvalue weighted by Gasteiger charge is 2.64. The lowest BCUT2D eigenvalue weighted by molar-refractivity contribution is -0.170. The highest BCUT2D eigenvalue weighted by Crippen LogP contribution is 2.67. The van der Waals surface area contributed by atoms with Crippen LogP contribution >= 0.6 is 0 Å². The summed E-state index contributed by atoms with van der Waals surface area (Å²) in [5.74, 6) is -0.156. The van der Waals surface area contributed by atoms with E-state index < -0.39 is 5.60 Å². The number of hydrogen-bond acceptors (Lipinski definition) is 7. The molecule has 1 aromatic rings. The fourth-order valence-corrected chi connectivity index (χ4v) is 8.09. The van der Waals surface area contributed by atoms with Gasteiger partial charge < -0.3 is 19.7 Å². The van der Waals surface area contributed by atoms with Crippen LogP contribution in [0.1, 0.15) is 78.3 Å². The minimum absolute atomic E-state index is 0.0293. The van der Waals surface area contributed by atoms with Crippen molar-refractivity contribution in [2.24, 2.45) is 34.5 Å². The average molecular weight is 488 g/mol. The van der Waals surface area contributed by atoms with Gasteiger partial charge in [0.1, 0.15) is 11.7 Å². The second-order valence-electron chi connectivity index (χ2n) is 11.6. The number of ether oxygens (including phenoxy) is 2. The van der Waals surface area contributed by atoms with Gasteiger partial charge in [0.25, 0.3) is 0 Å². The Kier molecular flexibility index (Phi) is 7.31. The molecule has 0 spiro atoms. The molecule has 7 nitrogen and oxygen atoms in total. The predicted octanol–water partition coefficient (Wildman–Crippen LogP) is 4.01. The molecule has 4 rings (SSSR count). The van der Waals surface area contributed by atoms with Crippen LogP contribution in [0.25, 0.3) is 0 Å². The normalized spacial score (nSPS) is 41.1. The number of nitrogens with zero attached hydrogens (tertiary/aromatic N) is 1. The summed E-state index contributed by atoms with van der Waals surface area (Å²) in [6.07, 6.45) is 7.01. The maximum absolute atomic E-state index is 12.0. The van der Waals surface area contributed by atoms with Gasteiger partial charge in [0.2, 0.25) is 0 Å². The van der Waals surface area contributed by atoms with Crippen LogP contribution in [0.4, 0.5) is 0 Å². The third-order valence-electron chi connectivity index (χ3n) is 10.0. The highest BCUT2D eigenvalue weighted by molar-refractivity contribution is 5.66. The van der Waals surface area contributed by atoms with Crippen molar-refractivity contribution in [3.63, 3.8) is 0 Å². The Bertz CT molecular complexity index is 923. The van der Waals surface area contributed by atoms with E-state index in [0.29, 0.717) is 12.8 Å². The summed E-state index contributed by atoms with van der Waals surface area (Å²) in [6, 6.07) is 5.71. The Balaban J connectivity index is 1.62. The molecule has 3 fully saturated rings. The zero-order chi connectivity index (χ0) is 25.4. The van der Waals surface area contributed by atoms with Gasteiger partial charge in [0.15, 0.2) is 0 Å². The van der Waals surface area contributed by atoms with Gasteiger partial charge in [0.05, 0.1) is 12.3 Å². The van der Waals surface area contributed by atoms with E-state index in [1.807, 2.05) is 18.2 Å². The van der Waals surface area contributed by atoms with Crippen molar-refractivity contribution < 1.29 is 29.3 Å². The third-order valence-corrected chi connectivity index (χ3v) is 10.0. The number of fused-ring (bicyclic) bond motifs is 1. The Morgan fingerprint density at radius 2 is 1.80 bits per heavy atom. The van der Waals surface area contributed by atoms with E-state index in [0.717, 1.165) is 37.8 Å². The zero-order valence-corrected chi connectivity index (χ0v) is 21.5. The summed E-state index contributed by atoms with van der Waals surface area (Å²) in [7, 11) is 0. The molecule has 35 heavy (non-hydrogen) atoms. The van der Waals surface area contributed by atoms with Crippen LogP contribution in [0.2, 0.25) is 0 Å². The molecule has 0 unspecified atom stereocenters. The maximum Gasteiger partial charge on any atom is 0.302 e. The first-order chi connectivity index (χ1) is 16.5. The van der Waals surface area contributed by atoms with Crippen molar-refractivity contribution in [1.29, 1.82) is 0 Å². The van der Waals surface area contributed by atoms with E-state index in [-0.39, 0.29) is 65.8 Å². The number of carbonyl (C=O) groups excluding carboxylic acids is 2. The van der Waals surface area contributed by atoms with Crippen molar-refractivity contribution in [2.45, 2.75) is 84.3 Å². The SMILES string of the molecule is CC(=O)OC[C@H]1C[C@@H](OC(C)=O)CC[C@]1(C)[C@H]1CC[C@@]2(C)[C@@H](CC[C@@]2(O)c2ccccn2)[C@@H]1CO. The van der Waals surface area contributed by atoms with Crippen LogP contribution in [0.15, 0.2) is 24.4 Å². The first-order valence-electron chi connectivity index (χ1n) is 13.1. The van der Waals surface area contributed by atoms with Gasteiger partial charge in [-0.1, -0.05) is 19.9 Å². The molecule has 3 aliphatic rings. The summed E-state index contributed by atoms with van der Waals surface area (Å²) in [4.78, 5) is 27.8. The first-order valence-corrected chi connectivity index (χ1v) is 13.1. The Labute approximate surface area is 208 Å². The monoisotopic (exact) mass is 487 g/mol. The number of carbonyl (C=O) groups is 2. The number of aromatic nitrogens is 1. The van der Waals surface area contributed by atoms with E-state index in [1.54, 1.807) is 6.20 Å². The largest absolute Gasteiger partial charge is 0.466 e. The average Bonchev–Trinajstić information content (AvgIpc) is 3.10. The maximum atomic E-state index is 12.0.